The molecule has 0 nitrogen and oxygen atoms in total. The molecule has 0 aromatic carbocycles. The minimum Gasteiger partial charge on any atom is -0.792 e. The zero-order valence-electron chi connectivity index (χ0n) is 4.27. The number of hydrogen-bond donors (Lipinski definition) is 0. The van der Waals surface area contributed by atoms with Gasteiger partial charge in [-0.2, -0.15) is 5.75 Å². The topological polar surface area (TPSA) is 0 Å². The van der Waals surface area contributed by atoms with Crippen LogP contribution in [0.3, 0.4) is 0 Å². The first-order valence-electron chi connectivity index (χ1n) is 2.00. The average molecular weight is 121 g/mol. The minimum atomic E-state index is 0.295. The molecule has 0 unspecified atom stereocenters. The SMILES string of the molecule is CP(C)CC[S-]. The summed E-state index contributed by atoms with van der Waals surface area (Å²) in [6, 6.07) is 0. The van der Waals surface area contributed by atoms with E-state index >= 15 is 0 Å². The standard InChI is InChI=1S/C4H11PS/c1-5(2)3-4-6/h6H,3-4H2,1-2H3/p-1. The van der Waals surface area contributed by atoms with E-state index in [-0.39, 0.29) is 0 Å². The van der Waals surface area contributed by atoms with Gasteiger partial charge in [-0.1, -0.05) is 6.16 Å². The molecule has 2 heteroatoms. The zero-order valence-corrected chi connectivity index (χ0v) is 5.98. The Hall–Kier alpha value is 0.780. The molecular formula is C4H10PS-. The van der Waals surface area contributed by atoms with Crippen LogP contribution in [0.25, 0.3) is 0 Å². The first-order chi connectivity index (χ1) is 2.77. The van der Waals surface area contributed by atoms with Crippen LogP contribution in [0, 0.1) is 0 Å². The Morgan fingerprint density at radius 2 is 2.00 bits per heavy atom. The first kappa shape index (κ1) is 6.78. The van der Waals surface area contributed by atoms with Gasteiger partial charge in [0.1, 0.15) is 0 Å². The maximum atomic E-state index is 4.74. The highest BCUT2D eigenvalue weighted by Gasteiger charge is 1.80. The summed E-state index contributed by atoms with van der Waals surface area (Å²) in [5.41, 5.74) is 0. The molecule has 0 aromatic rings. The quantitative estimate of drug-likeness (QED) is 0.391. The van der Waals surface area contributed by atoms with Crippen molar-refractivity contribution in [3.05, 3.63) is 0 Å². The molecule has 0 aliphatic rings. The van der Waals surface area contributed by atoms with Gasteiger partial charge < -0.3 is 12.6 Å². The molecule has 6 heavy (non-hydrogen) atoms. The van der Waals surface area contributed by atoms with Crippen LogP contribution in [-0.4, -0.2) is 25.2 Å². The number of rotatable bonds is 2. The summed E-state index contributed by atoms with van der Waals surface area (Å²) < 4.78 is 0. The van der Waals surface area contributed by atoms with Gasteiger partial charge in [0.05, 0.1) is 0 Å². The molecule has 0 N–H and O–H groups in total. The molecule has 0 spiro atoms. The average Bonchev–Trinajstić information content (AvgIpc) is 1.35. The Bertz CT molecular complexity index is 28.7. The molecule has 0 heterocycles. The predicted octanol–water partition coefficient (Wildman–Crippen LogP) is 1.27. The lowest BCUT2D eigenvalue weighted by Crippen LogP contribution is -1.82. The summed E-state index contributed by atoms with van der Waals surface area (Å²) in [4.78, 5) is 0. The molecule has 0 fully saturated rings. The fourth-order valence-corrected chi connectivity index (χ4v) is 1.64. The van der Waals surface area contributed by atoms with Crippen LogP contribution in [0.4, 0.5) is 0 Å². The summed E-state index contributed by atoms with van der Waals surface area (Å²) in [6.07, 6.45) is 1.25. The molecule has 0 aliphatic carbocycles. The smallest absolute Gasteiger partial charge is 0.0448 e. The Balaban J connectivity index is 2.63. The van der Waals surface area contributed by atoms with Crippen LogP contribution < -0.4 is 0 Å². The van der Waals surface area contributed by atoms with Gasteiger partial charge in [-0.05, 0) is 13.3 Å². The molecule has 38 valence electrons. The predicted molar refractivity (Wildman–Crippen MR) is 35.9 cm³/mol. The molecule has 0 amide bonds. The van der Waals surface area contributed by atoms with Crippen molar-refractivity contribution in [2.75, 3.05) is 25.2 Å². The van der Waals surface area contributed by atoms with Gasteiger partial charge in [-0.25, -0.2) is 0 Å². The maximum absolute atomic E-state index is 4.74. The van der Waals surface area contributed by atoms with Crippen LogP contribution in [-0.2, 0) is 12.6 Å². The van der Waals surface area contributed by atoms with Gasteiger partial charge in [0.2, 0.25) is 0 Å². The molecule has 0 atom stereocenters. The van der Waals surface area contributed by atoms with Gasteiger partial charge in [0.15, 0.2) is 0 Å². The summed E-state index contributed by atoms with van der Waals surface area (Å²) in [6.45, 7) is 4.50. The van der Waals surface area contributed by atoms with Crippen molar-refractivity contribution >= 4 is 20.6 Å². The highest BCUT2D eigenvalue weighted by molar-refractivity contribution is 7.61. The molecule has 0 rings (SSSR count). The molecule has 0 bridgehead atoms. The van der Waals surface area contributed by atoms with E-state index in [0.717, 1.165) is 5.75 Å². The Morgan fingerprint density at radius 3 is 2.00 bits per heavy atom. The molecule has 0 aromatic heterocycles. The van der Waals surface area contributed by atoms with Crippen molar-refractivity contribution in [1.82, 2.24) is 0 Å². The van der Waals surface area contributed by atoms with Crippen molar-refractivity contribution in [1.29, 1.82) is 0 Å². The maximum Gasteiger partial charge on any atom is -0.0448 e. The van der Waals surface area contributed by atoms with Gasteiger partial charge in [-0.15, -0.1) is 7.92 Å². The normalized spacial score (nSPS) is 10.0. The van der Waals surface area contributed by atoms with Crippen LogP contribution in [0.15, 0.2) is 0 Å². The van der Waals surface area contributed by atoms with Crippen LogP contribution in [0.1, 0.15) is 0 Å². The lowest BCUT2D eigenvalue weighted by atomic mass is 11.0. The highest BCUT2D eigenvalue weighted by atomic mass is 32.1. The van der Waals surface area contributed by atoms with Crippen LogP contribution >= 0.6 is 7.92 Å². The van der Waals surface area contributed by atoms with E-state index in [1.165, 1.54) is 6.16 Å². The third-order valence-corrected chi connectivity index (χ3v) is 2.16. The fourth-order valence-electron chi connectivity index (χ4n) is 0.183. The monoisotopic (exact) mass is 121 g/mol. The molecule has 0 saturated heterocycles. The summed E-state index contributed by atoms with van der Waals surface area (Å²) >= 11 is 4.74. The Morgan fingerprint density at radius 1 is 1.50 bits per heavy atom. The third kappa shape index (κ3) is 4.78. The lowest BCUT2D eigenvalue weighted by Gasteiger charge is -2.05. The van der Waals surface area contributed by atoms with Crippen molar-refractivity contribution in [2.24, 2.45) is 0 Å². The largest absolute Gasteiger partial charge is 0.792 e. The fraction of sp³-hybridized carbons (Fsp3) is 1.00. The molecular weight excluding hydrogens is 111 g/mol. The van der Waals surface area contributed by atoms with Crippen LogP contribution in [0.2, 0.25) is 0 Å². The van der Waals surface area contributed by atoms with Crippen molar-refractivity contribution < 1.29 is 0 Å². The van der Waals surface area contributed by atoms with E-state index < -0.39 is 0 Å². The second-order valence-corrected chi connectivity index (χ2v) is 4.52. The first-order valence-corrected chi connectivity index (χ1v) is 5.00. The second-order valence-electron chi connectivity index (χ2n) is 1.51. The summed E-state index contributed by atoms with van der Waals surface area (Å²) in [5, 5.41) is 0. The van der Waals surface area contributed by atoms with Gasteiger partial charge in [0, 0.05) is 0 Å². The van der Waals surface area contributed by atoms with Gasteiger partial charge >= 0.3 is 0 Å². The van der Waals surface area contributed by atoms with E-state index in [0.29, 0.717) is 7.92 Å². The van der Waals surface area contributed by atoms with E-state index in [9.17, 15) is 0 Å². The second kappa shape index (κ2) is 3.95. The highest BCUT2D eigenvalue weighted by Crippen LogP contribution is 2.21. The van der Waals surface area contributed by atoms with E-state index in [1.54, 1.807) is 0 Å². The third-order valence-electron chi connectivity index (χ3n) is 0.539. The van der Waals surface area contributed by atoms with E-state index in [1.807, 2.05) is 0 Å². The Kier molecular flexibility index (Phi) is 4.47. The summed E-state index contributed by atoms with van der Waals surface area (Å²) in [5.74, 6) is 0.943. The van der Waals surface area contributed by atoms with E-state index in [2.05, 4.69) is 13.3 Å². The van der Waals surface area contributed by atoms with Crippen molar-refractivity contribution in [2.45, 2.75) is 0 Å². The molecule has 0 saturated carbocycles. The van der Waals surface area contributed by atoms with E-state index in [4.69, 9.17) is 12.6 Å². The van der Waals surface area contributed by atoms with Crippen molar-refractivity contribution in [3.8, 4) is 0 Å². The number of hydrogen-bond acceptors (Lipinski definition) is 1. The van der Waals surface area contributed by atoms with Crippen LogP contribution in [0.5, 0.6) is 0 Å². The zero-order chi connectivity index (χ0) is 4.99. The Labute approximate surface area is 46.5 Å². The molecule has 0 radical (unpaired) electrons. The van der Waals surface area contributed by atoms with Gasteiger partial charge in [-0.3, -0.25) is 0 Å². The lowest BCUT2D eigenvalue weighted by molar-refractivity contribution is 1.53. The molecule has 0 aliphatic heterocycles. The summed E-state index contributed by atoms with van der Waals surface area (Å²) in [7, 11) is 0.295. The minimum absolute atomic E-state index is 0.295. The van der Waals surface area contributed by atoms with Gasteiger partial charge in [0.25, 0.3) is 0 Å². The van der Waals surface area contributed by atoms with Crippen molar-refractivity contribution in [3.63, 3.8) is 0 Å².